The average Bonchev–Trinajstić information content (AvgIpc) is 2.55. The van der Waals surface area contributed by atoms with Crippen molar-refractivity contribution in [2.45, 2.75) is 0 Å². The molecule has 0 saturated heterocycles. The molecule has 0 aromatic heterocycles. The number of phenols is 1. The quantitative estimate of drug-likeness (QED) is 0.438. The number of hydrogen-bond donors (Lipinski definition) is 2. The first kappa shape index (κ1) is 17.1. The van der Waals surface area contributed by atoms with Gasteiger partial charge >= 0.3 is 0 Å². The van der Waals surface area contributed by atoms with Crippen molar-refractivity contribution in [3.63, 3.8) is 0 Å². The van der Waals surface area contributed by atoms with Crippen molar-refractivity contribution in [2.24, 2.45) is 5.10 Å². The molecule has 0 radical (unpaired) electrons. The van der Waals surface area contributed by atoms with Gasteiger partial charge in [0, 0.05) is 14.7 Å². The summed E-state index contributed by atoms with van der Waals surface area (Å²) in [6, 6.07) is 10.3. The third-order valence-electron chi connectivity index (χ3n) is 2.97. The van der Waals surface area contributed by atoms with Gasteiger partial charge in [-0.2, -0.15) is 5.10 Å². The van der Waals surface area contributed by atoms with Gasteiger partial charge in [-0.1, -0.05) is 6.07 Å². The molecule has 0 heterocycles. The number of hydrazone groups is 1. The zero-order valence-corrected chi connectivity index (χ0v) is 14.7. The maximum Gasteiger partial charge on any atom is 0.271 e. The molecule has 2 rings (SSSR count). The molecule has 2 aromatic carbocycles. The highest BCUT2D eigenvalue weighted by Gasteiger charge is 2.10. The van der Waals surface area contributed by atoms with E-state index >= 15 is 0 Å². The summed E-state index contributed by atoms with van der Waals surface area (Å²) < 4.78 is 11.1. The summed E-state index contributed by atoms with van der Waals surface area (Å²) in [7, 11) is 2.88. The predicted octanol–water partition coefficient (Wildman–Crippen LogP) is 2.78. The van der Waals surface area contributed by atoms with Gasteiger partial charge in [-0.05, 0) is 52.9 Å². The molecule has 7 heteroatoms. The minimum absolute atomic E-state index is 0.0879. The molecule has 0 bridgehead atoms. The lowest BCUT2D eigenvalue weighted by molar-refractivity contribution is 0.0955. The highest BCUT2D eigenvalue weighted by molar-refractivity contribution is 14.1. The molecule has 0 spiro atoms. The van der Waals surface area contributed by atoms with Crippen molar-refractivity contribution in [2.75, 3.05) is 14.2 Å². The zero-order valence-electron chi connectivity index (χ0n) is 12.5. The summed E-state index contributed by atoms with van der Waals surface area (Å²) in [5.74, 6) is 0.122. The lowest BCUT2D eigenvalue weighted by Gasteiger charge is -2.09. The molecule has 0 aliphatic carbocycles. The van der Waals surface area contributed by atoms with Crippen LogP contribution in [0.3, 0.4) is 0 Å². The van der Waals surface area contributed by atoms with Crippen molar-refractivity contribution >= 4 is 34.7 Å². The lowest BCUT2D eigenvalue weighted by Crippen LogP contribution is -2.17. The fourth-order valence-electron chi connectivity index (χ4n) is 1.85. The van der Waals surface area contributed by atoms with E-state index in [9.17, 15) is 9.90 Å². The third-order valence-corrected chi connectivity index (χ3v) is 3.64. The summed E-state index contributed by atoms with van der Waals surface area (Å²) in [5, 5.41) is 13.7. The van der Waals surface area contributed by atoms with Crippen LogP contribution >= 0.6 is 22.6 Å². The Morgan fingerprint density at radius 1 is 1.22 bits per heavy atom. The first-order valence-corrected chi connectivity index (χ1v) is 7.67. The summed E-state index contributed by atoms with van der Waals surface area (Å²) in [5.41, 5.74) is 3.58. The van der Waals surface area contributed by atoms with Gasteiger partial charge in [0.1, 0.15) is 0 Å². The first-order chi connectivity index (χ1) is 11.0. The Balaban J connectivity index is 2.13. The van der Waals surface area contributed by atoms with E-state index in [4.69, 9.17) is 9.47 Å². The number of amides is 1. The van der Waals surface area contributed by atoms with Gasteiger partial charge in [0.15, 0.2) is 11.5 Å². The molecular weight excluding hydrogens is 411 g/mol. The van der Waals surface area contributed by atoms with Crippen molar-refractivity contribution < 1.29 is 19.4 Å². The van der Waals surface area contributed by atoms with E-state index in [1.165, 1.54) is 20.4 Å². The number of halogens is 1. The molecule has 2 aromatic rings. The third kappa shape index (κ3) is 4.35. The second kappa shape index (κ2) is 7.82. The molecule has 120 valence electrons. The summed E-state index contributed by atoms with van der Waals surface area (Å²) in [6.07, 6.45) is 1.44. The Morgan fingerprint density at radius 3 is 2.43 bits per heavy atom. The van der Waals surface area contributed by atoms with Gasteiger partial charge in [-0.3, -0.25) is 4.79 Å². The molecule has 0 saturated carbocycles. The van der Waals surface area contributed by atoms with Crippen LogP contribution in [-0.2, 0) is 0 Å². The molecule has 1 amide bonds. The van der Waals surface area contributed by atoms with Crippen molar-refractivity contribution in [3.8, 4) is 17.2 Å². The highest BCUT2D eigenvalue weighted by Crippen LogP contribution is 2.36. The van der Waals surface area contributed by atoms with E-state index in [0.717, 1.165) is 3.57 Å². The number of nitrogens with one attached hydrogen (secondary N) is 1. The van der Waals surface area contributed by atoms with Crippen LogP contribution in [-0.4, -0.2) is 31.4 Å². The number of carbonyl (C=O) groups is 1. The minimum atomic E-state index is -0.308. The maximum absolute atomic E-state index is 12.0. The number of ether oxygens (including phenoxy) is 2. The largest absolute Gasteiger partial charge is 0.502 e. The Hall–Kier alpha value is -2.29. The van der Waals surface area contributed by atoms with E-state index in [2.05, 4.69) is 33.1 Å². The van der Waals surface area contributed by atoms with Gasteiger partial charge in [0.05, 0.1) is 20.4 Å². The Labute approximate surface area is 147 Å². The van der Waals surface area contributed by atoms with Crippen LogP contribution < -0.4 is 14.9 Å². The number of aromatic hydroxyl groups is 1. The number of hydrogen-bond acceptors (Lipinski definition) is 5. The summed E-state index contributed by atoms with van der Waals surface area (Å²) in [6.45, 7) is 0. The van der Waals surface area contributed by atoms with Crippen LogP contribution in [0.5, 0.6) is 17.2 Å². The molecule has 0 aliphatic heterocycles. The molecule has 2 N–H and O–H groups in total. The van der Waals surface area contributed by atoms with E-state index in [1.54, 1.807) is 30.3 Å². The topological polar surface area (TPSA) is 80.2 Å². The fourth-order valence-corrected chi connectivity index (χ4v) is 2.39. The number of nitrogens with zero attached hydrogens (tertiary/aromatic N) is 1. The van der Waals surface area contributed by atoms with Gasteiger partial charge in [0.2, 0.25) is 5.75 Å². The van der Waals surface area contributed by atoms with Crippen LogP contribution in [0.2, 0.25) is 0 Å². The van der Waals surface area contributed by atoms with E-state index in [-0.39, 0.29) is 23.2 Å². The van der Waals surface area contributed by atoms with Gasteiger partial charge in [-0.15, -0.1) is 0 Å². The number of rotatable bonds is 5. The van der Waals surface area contributed by atoms with Crippen molar-refractivity contribution in [1.29, 1.82) is 0 Å². The second-order valence-corrected chi connectivity index (χ2v) is 5.73. The minimum Gasteiger partial charge on any atom is -0.502 e. The highest BCUT2D eigenvalue weighted by atomic mass is 127. The van der Waals surface area contributed by atoms with Crippen molar-refractivity contribution in [1.82, 2.24) is 5.43 Å². The number of benzene rings is 2. The fraction of sp³-hybridized carbons (Fsp3) is 0.125. The normalized spacial score (nSPS) is 10.6. The smallest absolute Gasteiger partial charge is 0.271 e. The van der Waals surface area contributed by atoms with E-state index in [1.807, 2.05) is 6.07 Å². The molecule has 23 heavy (non-hydrogen) atoms. The Bertz CT molecular complexity index is 722. The van der Waals surface area contributed by atoms with Crippen LogP contribution in [0.4, 0.5) is 0 Å². The van der Waals surface area contributed by atoms with Crippen LogP contribution in [0.25, 0.3) is 0 Å². The molecular formula is C16H15IN2O4. The van der Waals surface area contributed by atoms with Gasteiger partial charge < -0.3 is 14.6 Å². The molecule has 0 unspecified atom stereocenters. The van der Waals surface area contributed by atoms with Crippen LogP contribution in [0, 0.1) is 3.57 Å². The van der Waals surface area contributed by atoms with Gasteiger partial charge in [0.25, 0.3) is 5.91 Å². The summed E-state index contributed by atoms with van der Waals surface area (Å²) in [4.78, 5) is 12.0. The van der Waals surface area contributed by atoms with Crippen molar-refractivity contribution in [3.05, 3.63) is 51.1 Å². The molecule has 6 nitrogen and oxygen atoms in total. The second-order valence-electron chi connectivity index (χ2n) is 4.48. The summed E-state index contributed by atoms with van der Waals surface area (Å²) >= 11 is 2.13. The molecule has 0 aliphatic rings. The zero-order chi connectivity index (χ0) is 16.8. The number of phenolic OH excluding ortho intramolecular Hbond substituents is 1. The number of methoxy groups -OCH3 is 2. The van der Waals surface area contributed by atoms with E-state index in [0.29, 0.717) is 11.1 Å². The van der Waals surface area contributed by atoms with Crippen LogP contribution in [0.15, 0.2) is 41.5 Å². The molecule has 0 atom stereocenters. The van der Waals surface area contributed by atoms with Crippen LogP contribution in [0.1, 0.15) is 15.9 Å². The Kier molecular flexibility index (Phi) is 5.80. The predicted molar refractivity (Wildman–Crippen MR) is 95.4 cm³/mol. The first-order valence-electron chi connectivity index (χ1n) is 6.59. The monoisotopic (exact) mass is 426 g/mol. The molecule has 0 fully saturated rings. The van der Waals surface area contributed by atoms with E-state index < -0.39 is 0 Å². The average molecular weight is 426 g/mol. The SMILES string of the molecule is COc1cc(/C=N\NC(=O)c2cccc(I)c2)cc(OC)c1O. The lowest BCUT2D eigenvalue weighted by atomic mass is 10.2. The Morgan fingerprint density at radius 2 is 1.87 bits per heavy atom. The number of carbonyl (C=O) groups excluding carboxylic acids is 1. The maximum atomic E-state index is 12.0. The van der Waals surface area contributed by atoms with Gasteiger partial charge in [-0.25, -0.2) is 5.43 Å². The standard InChI is InChI=1S/C16H15IN2O4/c1-22-13-6-10(7-14(23-2)15(13)20)9-18-19-16(21)11-4-3-5-12(17)8-11/h3-9,20H,1-2H3,(H,19,21)/b18-9-.